The zero-order valence-electron chi connectivity index (χ0n) is 11.5. The minimum atomic E-state index is -0.468. The first-order valence-electron chi connectivity index (χ1n) is 6.23. The van der Waals surface area contributed by atoms with E-state index >= 15 is 0 Å². The van der Waals surface area contributed by atoms with Crippen molar-refractivity contribution in [1.29, 1.82) is 0 Å². The Morgan fingerprint density at radius 2 is 1.95 bits per heavy atom. The van der Waals surface area contributed by atoms with Crippen LogP contribution in [0.4, 0.5) is 14.6 Å². The predicted octanol–water partition coefficient (Wildman–Crippen LogP) is 3.95. The molecule has 0 saturated carbocycles. The Morgan fingerprint density at radius 1 is 1.20 bits per heavy atom. The molecule has 0 aliphatic carbocycles. The Bertz CT molecular complexity index is 632. The van der Waals surface area contributed by atoms with Crippen LogP contribution >= 0.6 is 11.8 Å². The number of hydrogen-bond donors (Lipinski definition) is 1. The number of halogens is 2. The van der Waals surface area contributed by atoms with E-state index in [1.54, 1.807) is 6.92 Å². The average Bonchev–Trinajstić information content (AvgIpc) is 2.39. The highest BCUT2D eigenvalue weighted by Gasteiger charge is 2.13. The number of nitrogens with one attached hydrogen (secondary N) is 1. The van der Waals surface area contributed by atoms with Crippen LogP contribution in [-0.4, -0.2) is 16.5 Å². The van der Waals surface area contributed by atoms with Crippen molar-refractivity contribution in [3.05, 3.63) is 41.2 Å². The van der Waals surface area contributed by atoms with Gasteiger partial charge in [-0.25, -0.2) is 18.7 Å². The minimum Gasteiger partial charge on any atom is -0.370 e. The molecule has 1 N–H and O–H groups in total. The molecule has 1 heterocycles. The van der Waals surface area contributed by atoms with Crippen molar-refractivity contribution in [1.82, 2.24) is 9.97 Å². The van der Waals surface area contributed by atoms with Gasteiger partial charge in [-0.2, -0.15) is 0 Å². The lowest BCUT2D eigenvalue weighted by molar-refractivity contribution is 0.577. The average molecular weight is 295 g/mol. The van der Waals surface area contributed by atoms with Crippen LogP contribution in [0.3, 0.4) is 0 Å². The maximum absolute atomic E-state index is 13.7. The van der Waals surface area contributed by atoms with E-state index in [4.69, 9.17) is 0 Å². The molecule has 0 saturated heterocycles. The van der Waals surface area contributed by atoms with Crippen molar-refractivity contribution in [2.75, 3.05) is 11.9 Å². The van der Waals surface area contributed by atoms with Gasteiger partial charge < -0.3 is 5.32 Å². The van der Waals surface area contributed by atoms with E-state index < -0.39 is 11.6 Å². The van der Waals surface area contributed by atoms with Crippen LogP contribution in [-0.2, 0) is 0 Å². The third-order valence-corrected chi connectivity index (χ3v) is 3.78. The molecule has 3 nitrogen and oxygen atoms in total. The molecular formula is C14H15F2N3S. The summed E-state index contributed by atoms with van der Waals surface area (Å²) in [6, 6.07) is 3.39. The molecule has 0 aliphatic heterocycles. The number of hydrogen-bond acceptors (Lipinski definition) is 4. The summed E-state index contributed by atoms with van der Waals surface area (Å²) in [5.41, 5.74) is 0.825. The highest BCUT2D eigenvalue weighted by molar-refractivity contribution is 7.99. The van der Waals surface area contributed by atoms with Gasteiger partial charge in [0, 0.05) is 12.1 Å². The molecule has 20 heavy (non-hydrogen) atoms. The summed E-state index contributed by atoms with van der Waals surface area (Å²) in [6.07, 6.45) is 0. The Morgan fingerprint density at radius 3 is 2.65 bits per heavy atom. The second kappa shape index (κ2) is 6.17. The maximum atomic E-state index is 13.7. The van der Waals surface area contributed by atoms with Crippen LogP contribution in [0.25, 0.3) is 0 Å². The molecule has 0 bridgehead atoms. The largest absolute Gasteiger partial charge is 0.370 e. The molecular weight excluding hydrogens is 280 g/mol. The van der Waals surface area contributed by atoms with E-state index in [2.05, 4.69) is 15.3 Å². The maximum Gasteiger partial charge on any atom is 0.137 e. The Balaban J connectivity index is 2.40. The van der Waals surface area contributed by atoms with Gasteiger partial charge in [-0.15, -0.1) is 0 Å². The van der Waals surface area contributed by atoms with Crippen LogP contribution in [0.5, 0.6) is 0 Å². The fourth-order valence-electron chi connectivity index (χ4n) is 1.70. The highest BCUT2D eigenvalue weighted by Crippen LogP contribution is 2.33. The smallest absolute Gasteiger partial charge is 0.137 e. The summed E-state index contributed by atoms with van der Waals surface area (Å²) in [5.74, 6) is 0.381. The minimum absolute atomic E-state index is 0.216. The fourth-order valence-corrected chi connectivity index (χ4v) is 2.67. The highest BCUT2D eigenvalue weighted by atomic mass is 32.2. The summed E-state index contributed by atoms with van der Waals surface area (Å²) < 4.78 is 26.9. The van der Waals surface area contributed by atoms with Gasteiger partial charge in [-0.05, 0) is 39.0 Å². The zero-order chi connectivity index (χ0) is 14.7. The lowest BCUT2D eigenvalue weighted by Crippen LogP contribution is -2.05. The topological polar surface area (TPSA) is 37.8 Å². The van der Waals surface area contributed by atoms with E-state index in [0.717, 1.165) is 41.8 Å². The second-order valence-corrected chi connectivity index (χ2v) is 5.29. The van der Waals surface area contributed by atoms with Crippen molar-refractivity contribution in [3.63, 3.8) is 0 Å². The Labute approximate surface area is 120 Å². The Hall–Kier alpha value is -1.69. The summed E-state index contributed by atoms with van der Waals surface area (Å²) in [7, 11) is 0. The molecule has 2 rings (SSSR count). The lowest BCUT2D eigenvalue weighted by atomic mass is 10.3. The predicted molar refractivity (Wildman–Crippen MR) is 76.2 cm³/mol. The van der Waals surface area contributed by atoms with Gasteiger partial charge in [0.2, 0.25) is 0 Å². The number of nitrogens with zero attached hydrogens (tertiary/aromatic N) is 2. The number of anilines is 1. The van der Waals surface area contributed by atoms with E-state index in [1.807, 2.05) is 13.8 Å². The number of aryl methyl sites for hydroxylation is 1. The molecule has 1 aromatic heterocycles. The third-order valence-electron chi connectivity index (χ3n) is 2.66. The van der Waals surface area contributed by atoms with Gasteiger partial charge in [0.25, 0.3) is 0 Å². The van der Waals surface area contributed by atoms with Gasteiger partial charge >= 0.3 is 0 Å². The van der Waals surface area contributed by atoms with Gasteiger partial charge in [0.1, 0.15) is 28.3 Å². The first-order chi connectivity index (χ1) is 9.51. The molecule has 1 aromatic carbocycles. The first-order valence-corrected chi connectivity index (χ1v) is 7.05. The van der Waals surface area contributed by atoms with Crippen molar-refractivity contribution in [2.24, 2.45) is 0 Å². The van der Waals surface area contributed by atoms with Crippen molar-refractivity contribution < 1.29 is 8.78 Å². The molecule has 6 heteroatoms. The molecule has 2 aromatic rings. The number of aromatic nitrogens is 2. The van der Waals surface area contributed by atoms with Crippen molar-refractivity contribution in [2.45, 2.75) is 30.7 Å². The van der Waals surface area contributed by atoms with Crippen LogP contribution in [0.2, 0.25) is 0 Å². The van der Waals surface area contributed by atoms with Gasteiger partial charge in [0.15, 0.2) is 0 Å². The van der Waals surface area contributed by atoms with Crippen molar-refractivity contribution >= 4 is 17.6 Å². The summed E-state index contributed by atoms with van der Waals surface area (Å²) in [6.45, 7) is 6.33. The van der Waals surface area contributed by atoms with Gasteiger partial charge in [-0.3, -0.25) is 0 Å². The van der Waals surface area contributed by atoms with E-state index in [0.29, 0.717) is 10.9 Å². The second-order valence-electron chi connectivity index (χ2n) is 4.26. The zero-order valence-corrected chi connectivity index (χ0v) is 12.3. The molecule has 0 spiro atoms. The molecule has 0 amide bonds. The fraction of sp³-hybridized carbons (Fsp3) is 0.286. The summed E-state index contributed by atoms with van der Waals surface area (Å²) in [5, 5.41) is 3.76. The van der Waals surface area contributed by atoms with Crippen LogP contribution in [0.1, 0.15) is 18.3 Å². The standard InChI is InChI=1S/C14H15F2N3S/c1-4-17-13-8(2)14(19-9(3)18-13)20-12-7-10(15)5-6-11(12)16/h5-7H,4H2,1-3H3,(H,17,18,19). The summed E-state index contributed by atoms with van der Waals surface area (Å²) >= 11 is 1.10. The number of benzene rings is 1. The van der Waals surface area contributed by atoms with E-state index in [-0.39, 0.29) is 4.90 Å². The van der Waals surface area contributed by atoms with Crippen molar-refractivity contribution in [3.8, 4) is 0 Å². The first kappa shape index (κ1) is 14.7. The summed E-state index contributed by atoms with van der Waals surface area (Å²) in [4.78, 5) is 8.82. The van der Waals surface area contributed by atoms with E-state index in [1.165, 1.54) is 6.07 Å². The van der Waals surface area contributed by atoms with Gasteiger partial charge in [0.05, 0.1) is 4.90 Å². The molecule has 0 radical (unpaired) electrons. The molecule has 0 fully saturated rings. The van der Waals surface area contributed by atoms with Crippen LogP contribution in [0.15, 0.2) is 28.1 Å². The normalized spacial score (nSPS) is 10.7. The quantitative estimate of drug-likeness (QED) is 0.867. The van der Waals surface area contributed by atoms with Crippen LogP contribution in [0, 0.1) is 25.5 Å². The number of rotatable bonds is 4. The molecule has 0 atom stereocenters. The van der Waals surface area contributed by atoms with Crippen LogP contribution < -0.4 is 5.32 Å². The monoisotopic (exact) mass is 295 g/mol. The van der Waals surface area contributed by atoms with E-state index in [9.17, 15) is 8.78 Å². The SMILES string of the molecule is CCNc1nc(C)nc(Sc2cc(F)ccc2F)c1C. The molecule has 106 valence electrons. The lowest BCUT2D eigenvalue weighted by Gasteiger charge is -2.11. The third kappa shape index (κ3) is 3.25. The molecule has 0 unspecified atom stereocenters. The molecule has 0 aliphatic rings. The Kier molecular flexibility index (Phi) is 4.54. The van der Waals surface area contributed by atoms with Gasteiger partial charge in [-0.1, -0.05) is 11.8 Å².